The highest BCUT2D eigenvalue weighted by atomic mass is 35.5. The van der Waals surface area contributed by atoms with E-state index in [2.05, 4.69) is 26.1 Å². The van der Waals surface area contributed by atoms with E-state index >= 15 is 0 Å². The fourth-order valence-electron chi connectivity index (χ4n) is 3.01. The maximum absolute atomic E-state index is 13.3. The molecule has 0 amide bonds. The van der Waals surface area contributed by atoms with E-state index in [9.17, 15) is 4.39 Å². The van der Waals surface area contributed by atoms with Gasteiger partial charge in [0.25, 0.3) is 0 Å². The lowest BCUT2D eigenvalue weighted by Crippen LogP contribution is -2.42. The number of rotatable bonds is 6. The summed E-state index contributed by atoms with van der Waals surface area (Å²) in [6.45, 7) is 9.25. The number of hydrogen-bond donors (Lipinski definition) is 1. The zero-order valence-electron chi connectivity index (χ0n) is 13.1. The largest absolute Gasteiger partial charge is 0.378 e. The average Bonchev–Trinajstić information content (AvgIpc) is 2.75. The normalized spacial score (nSPS) is 25.7. The third kappa shape index (κ3) is 4.18. The predicted octanol–water partition coefficient (Wildman–Crippen LogP) is 4.06. The molecule has 1 fully saturated rings. The van der Waals surface area contributed by atoms with E-state index in [1.807, 2.05) is 6.07 Å². The van der Waals surface area contributed by atoms with Crippen molar-refractivity contribution in [3.63, 3.8) is 0 Å². The van der Waals surface area contributed by atoms with E-state index in [1.165, 1.54) is 6.07 Å². The molecule has 0 aliphatic carbocycles. The quantitative estimate of drug-likeness (QED) is 0.855. The van der Waals surface area contributed by atoms with Crippen LogP contribution in [0.4, 0.5) is 4.39 Å². The molecule has 1 saturated heterocycles. The van der Waals surface area contributed by atoms with Crippen LogP contribution in [0.5, 0.6) is 0 Å². The Labute approximate surface area is 132 Å². The van der Waals surface area contributed by atoms with Crippen molar-refractivity contribution < 1.29 is 9.13 Å². The van der Waals surface area contributed by atoms with Gasteiger partial charge < -0.3 is 10.1 Å². The van der Waals surface area contributed by atoms with Crippen molar-refractivity contribution in [2.75, 3.05) is 19.7 Å². The van der Waals surface area contributed by atoms with Crippen molar-refractivity contribution in [3.8, 4) is 0 Å². The van der Waals surface area contributed by atoms with Crippen LogP contribution < -0.4 is 5.32 Å². The Kier molecular flexibility index (Phi) is 5.64. The van der Waals surface area contributed by atoms with Gasteiger partial charge in [-0.25, -0.2) is 4.39 Å². The van der Waals surface area contributed by atoms with Crippen LogP contribution in [0.1, 0.15) is 32.8 Å². The Hall–Kier alpha value is -0.640. The fraction of sp³-hybridized carbons (Fsp3) is 0.647. The van der Waals surface area contributed by atoms with Crippen LogP contribution in [0.25, 0.3) is 0 Å². The van der Waals surface area contributed by atoms with Gasteiger partial charge in [-0.15, -0.1) is 0 Å². The van der Waals surface area contributed by atoms with Crippen LogP contribution in [-0.4, -0.2) is 25.8 Å². The Morgan fingerprint density at radius 2 is 2.24 bits per heavy atom. The van der Waals surface area contributed by atoms with Gasteiger partial charge in [0.1, 0.15) is 5.82 Å². The highest BCUT2D eigenvalue weighted by molar-refractivity contribution is 6.30. The Balaban J connectivity index is 2.10. The van der Waals surface area contributed by atoms with E-state index in [4.69, 9.17) is 16.3 Å². The van der Waals surface area contributed by atoms with Gasteiger partial charge >= 0.3 is 0 Å². The van der Waals surface area contributed by atoms with Crippen molar-refractivity contribution in [2.24, 2.45) is 11.3 Å². The van der Waals surface area contributed by atoms with Crippen molar-refractivity contribution in [1.82, 2.24) is 5.32 Å². The van der Waals surface area contributed by atoms with Crippen molar-refractivity contribution in [2.45, 2.75) is 39.7 Å². The van der Waals surface area contributed by atoms with Crippen molar-refractivity contribution in [1.29, 1.82) is 0 Å². The molecule has 2 atom stereocenters. The van der Waals surface area contributed by atoms with Gasteiger partial charge in [-0.3, -0.25) is 0 Å². The number of nitrogens with one attached hydrogen (secondary N) is 1. The molecule has 4 heteroatoms. The van der Waals surface area contributed by atoms with Gasteiger partial charge in [0.15, 0.2) is 0 Å². The van der Waals surface area contributed by atoms with Gasteiger partial charge in [-0.05, 0) is 49.9 Å². The Bertz CT molecular complexity index is 480. The smallest absolute Gasteiger partial charge is 0.141 e. The van der Waals surface area contributed by atoms with Gasteiger partial charge in [0.05, 0.1) is 11.1 Å². The zero-order valence-corrected chi connectivity index (χ0v) is 13.8. The molecule has 1 aromatic carbocycles. The maximum atomic E-state index is 13.3. The molecular weight excluding hydrogens is 289 g/mol. The first kappa shape index (κ1) is 16.7. The minimum atomic E-state index is -0.358. The van der Waals surface area contributed by atoms with Crippen LogP contribution in [0.2, 0.25) is 5.02 Å². The minimum Gasteiger partial charge on any atom is -0.378 e. The molecule has 1 heterocycles. The number of benzene rings is 1. The van der Waals surface area contributed by atoms with Gasteiger partial charge in [-0.1, -0.05) is 31.5 Å². The molecule has 2 rings (SSSR count). The molecule has 1 aliphatic heterocycles. The molecule has 118 valence electrons. The standard InChI is InChI=1S/C17H25ClFNO/c1-12(2)10-20-11-17(6-7-21-13(17)3)9-14-4-5-16(19)15(18)8-14/h4-5,8,12-13,20H,6-7,9-11H2,1-3H3. The molecule has 1 aliphatic rings. The molecule has 2 nitrogen and oxygen atoms in total. The van der Waals surface area contributed by atoms with Crippen LogP contribution in [0.15, 0.2) is 18.2 Å². The molecule has 0 radical (unpaired) electrons. The Morgan fingerprint density at radius 3 is 2.81 bits per heavy atom. The van der Waals surface area contributed by atoms with Crippen LogP contribution in [0.3, 0.4) is 0 Å². The first-order valence-electron chi connectivity index (χ1n) is 7.69. The van der Waals surface area contributed by atoms with Crippen molar-refractivity contribution in [3.05, 3.63) is 34.6 Å². The summed E-state index contributed by atoms with van der Waals surface area (Å²) in [7, 11) is 0. The molecule has 21 heavy (non-hydrogen) atoms. The lowest BCUT2D eigenvalue weighted by molar-refractivity contribution is 0.0627. The number of ether oxygens (including phenoxy) is 1. The van der Waals surface area contributed by atoms with Crippen LogP contribution in [-0.2, 0) is 11.2 Å². The Morgan fingerprint density at radius 1 is 1.48 bits per heavy atom. The molecular formula is C17H25ClFNO. The lowest BCUT2D eigenvalue weighted by atomic mass is 9.76. The molecule has 0 aromatic heterocycles. The second-order valence-corrected chi connectivity index (χ2v) is 6.98. The van der Waals surface area contributed by atoms with Crippen molar-refractivity contribution >= 4 is 11.6 Å². The third-order valence-corrected chi connectivity index (χ3v) is 4.69. The molecule has 1 N–H and O–H groups in total. The zero-order chi connectivity index (χ0) is 15.5. The van der Waals surface area contributed by atoms with Crippen LogP contribution in [0, 0.1) is 17.2 Å². The summed E-state index contributed by atoms with van der Waals surface area (Å²) < 4.78 is 19.1. The van der Waals surface area contributed by atoms with Gasteiger partial charge in [0, 0.05) is 18.6 Å². The molecule has 0 spiro atoms. The number of hydrogen-bond acceptors (Lipinski definition) is 2. The summed E-state index contributed by atoms with van der Waals surface area (Å²) in [4.78, 5) is 0. The van der Waals surface area contributed by atoms with E-state index in [0.29, 0.717) is 5.92 Å². The summed E-state index contributed by atoms with van der Waals surface area (Å²) in [6.07, 6.45) is 2.08. The molecule has 2 unspecified atom stereocenters. The SMILES string of the molecule is CC(C)CNCC1(Cc2ccc(F)c(Cl)c2)CCOC1C. The second-order valence-electron chi connectivity index (χ2n) is 6.58. The lowest BCUT2D eigenvalue weighted by Gasteiger charge is -2.33. The predicted molar refractivity (Wildman–Crippen MR) is 85.3 cm³/mol. The van der Waals surface area contributed by atoms with E-state index in [1.54, 1.807) is 6.07 Å². The maximum Gasteiger partial charge on any atom is 0.141 e. The summed E-state index contributed by atoms with van der Waals surface area (Å²) in [5.41, 5.74) is 1.14. The van der Waals surface area contributed by atoms with Gasteiger partial charge in [0.2, 0.25) is 0 Å². The number of halogens is 2. The highest BCUT2D eigenvalue weighted by Crippen LogP contribution is 2.38. The monoisotopic (exact) mass is 313 g/mol. The highest BCUT2D eigenvalue weighted by Gasteiger charge is 2.41. The first-order chi connectivity index (χ1) is 9.93. The summed E-state index contributed by atoms with van der Waals surface area (Å²) in [5, 5.41) is 3.76. The van der Waals surface area contributed by atoms with E-state index in [-0.39, 0.29) is 22.4 Å². The molecule has 1 aromatic rings. The summed E-state index contributed by atoms with van der Waals surface area (Å²) in [5.74, 6) is 0.267. The summed E-state index contributed by atoms with van der Waals surface area (Å²) in [6, 6.07) is 5.02. The second kappa shape index (κ2) is 7.08. The minimum absolute atomic E-state index is 0.0655. The average molecular weight is 314 g/mol. The van der Waals surface area contributed by atoms with E-state index < -0.39 is 0 Å². The van der Waals surface area contributed by atoms with E-state index in [0.717, 1.165) is 38.1 Å². The van der Waals surface area contributed by atoms with Gasteiger partial charge in [-0.2, -0.15) is 0 Å². The topological polar surface area (TPSA) is 21.3 Å². The summed E-state index contributed by atoms with van der Waals surface area (Å²) >= 11 is 5.91. The van der Waals surface area contributed by atoms with Crippen LogP contribution >= 0.6 is 11.6 Å². The first-order valence-corrected chi connectivity index (χ1v) is 8.07. The fourth-order valence-corrected chi connectivity index (χ4v) is 3.21. The molecule has 0 bridgehead atoms. The third-order valence-electron chi connectivity index (χ3n) is 4.40. The molecule has 0 saturated carbocycles.